The van der Waals surface area contributed by atoms with Crippen molar-refractivity contribution in [3.05, 3.63) is 0 Å². The molecule has 1 aliphatic rings. The molecule has 0 aliphatic carbocycles. The van der Waals surface area contributed by atoms with E-state index in [-0.39, 0.29) is 30.4 Å². The fraction of sp³-hybridized carbons (Fsp3) is 0.846. The van der Waals surface area contributed by atoms with Crippen LogP contribution in [0.1, 0.15) is 33.6 Å². The maximum atomic E-state index is 12.3. The van der Waals surface area contributed by atoms with Crippen molar-refractivity contribution in [2.24, 2.45) is 5.92 Å². The number of nitrogens with one attached hydrogen (secondary N) is 1. The average Bonchev–Trinajstić information content (AvgIpc) is 2.30. The van der Waals surface area contributed by atoms with E-state index in [1.165, 1.54) is 0 Å². The molecule has 0 spiro atoms. The van der Waals surface area contributed by atoms with Crippen LogP contribution in [0.3, 0.4) is 0 Å². The SMILES string of the molecule is CCC(COC)N1CC(=O)NC(CC(C)C)C1=O. The number of ether oxygens (including phenoxy) is 1. The molecule has 1 saturated heterocycles. The normalized spacial score (nSPS) is 22.3. The molecule has 2 unspecified atom stereocenters. The Hall–Kier alpha value is -1.10. The molecule has 1 heterocycles. The van der Waals surface area contributed by atoms with Crippen LogP contribution in [0, 0.1) is 5.92 Å². The first-order valence-electron chi connectivity index (χ1n) is 6.58. The third-order valence-corrected chi connectivity index (χ3v) is 3.21. The maximum Gasteiger partial charge on any atom is 0.245 e. The molecule has 1 fully saturated rings. The third kappa shape index (κ3) is 3.70. The summed E-state index contributed by atoms with van der Waals surface area (Å²) in [7, 11) is 1.61. The van der Waals surface area contributed by atoms with Crippen LogP contribution in [0.25, 0.3) is 0 Å². The molecule has 5 heteroatoms. The lowest BCUT2D eigenvalue weighted by molar-refractivity contribution is -0.148. The number of carbonyl (C=O) groups is 2. The molecule has 2 amide bonds. The summed E-state index contributed by atoms with van der Waals surface area (Å²) in [6.45, 7) is 6.72. The molecule has 0 aromatic rings. The third-order valence-electron chi connectivity index (χ3n) is 3.21. The van der Waals surface area contributed by atoms with Crippen molar-refractivity contribution in [1.29, 1.82) is 0 Å². The summed E-state index contributed by atoms with van der Waals surface area (Å²) in [6, 6.07) is -0.389. The van der Waals surface area contributed by atoms with Gasteiger partial charge >= 0.3 is 0 Å². The summed E-state index contributed by atoms with van der Waals surface area (Å²) in [6.07, 6.45) is 1.48. The Bertz CT molecular complexity index is 305. The first-order valence-corrected chi connectivity index (χ1v) is 6.58. The first-order chi connectivity index (χ1) is 8.49. The molecule has 104 valence electrons. The lowest BCUT2D eigenvalue weighted by Gasteiger charge is -2.37. The Morgan fingerprint density at radius 2 is 2.11 bits per heavy atom. The van der Waals surface area contributed by atoms with Crippen molar-refractivity contribution in [1.82, 2.24) is 10.2 Å². The van der Waals surface area contributed by atoms with E-state index in [0.29, 0.717) is 18.9 Å². The Balaban J connectivity index is 2.77. The number of nitrogens with zero attached hydrogens (tertiary/aromatic N) is 1. The number of hydrogen-bond donors (Lipinski definition) is 1. The van der Waals surface area contributed by atoms with Crippen molar-refractivity contribution < 1.29 is 14.3 Å². The summed E-state index contributed by atoms with van der Waals surface area (Å²) >= 11 is 0. The van der Waals surface area contributed by atoms with Gasteiger partial charge < -0.3 is 15.0 Å². The summed E-state index contributed by atoms with van der Waals surface area (Å²) in [5.41, 5.74) is 0. The molecular weight excluding hydrogens is 232 g/mol. The van der Waals surface area contributed by atoms with Crippen LogP contribution in [0.15, 0.2) is 0 Å². The highest BCUT2D eigenvalue weighted by Gasteiger charge is 2.36. The van der Waals surface area contributed by atoms with E-state index in [9.17, 15) is 9.59 Å². The highest BCUT2D eigenvalue weighted by Crippen LogP contribution is 2.15. The van der Waals surface area contributed by atoms with E-state index in [1.54, 1.807) is 12.0 Å². The zero-order valence-corrected chi connectivity index (χ0v) is 11.7. The largest absolute Gasteiger partial charge is 0.383 e. The second-order valence-electron chi connectivity index (χ2n) is 5.23. The molecule has 0 bridgehead atoms. The number of methoxy groups -OCH3 is 1. The highest BCUT2D eigenvalue weighted by atomic mass is 16.5. The van der Waals surface area contributed by atoms with E-state index in [0.717, 1.165) is 6.42 Å². The second kappa shape index (κ2) is 6.73. The zero-order chi connectivity index (χ0) is 13.7. The van der Waals surface area contributed by atoms with E-state index in [1.807, 2.05) is 20.8 Å². The molecule has 1 N–H and O–H groups in total. The van der Waals surface area contributed by atoms with Crippen molar-refractivity contribution in [2.45, 2.75) is 45.7 Å². The monoisotopic (exact) mass is 256 g/mol. The topological polar surface area (TPSA) is 58.6 Å². The van der Waals surface area contributed by atoms with Gasteiger partial charge in [-0.25, -0.2) is 0 Å². The van der Waals surface area contributed by atoms with Crippen LogP contribution in [0.4, 0.5) is 0 Å². The molecule has 1 rings (SSSR count). The first kappa shape index (κ1) is 15.0. The van der Waals surface area contributed by atoms with E-state index in [2.05, 4.69) is 5.32 Å². The van der Waals surface area contributed by atoms with Gasteiger partial charge in [-0.15, -0.1) is 0 Å². The molecule has 2 atom stereocenters. The number of amides is 2. The van der Waals surface area contributed by atoms with E-state index in [4.69, 9.17) is 4.74 Å². The van der Waals surface area contributed by atoms with Gasteiger partial charge in [0.25, 0.3) is 0 Å². The lowest BCUT2D eigenvalue weighted by Crippen LogP contribution is -2.61. The van der Waals surface area contributed by atoms with Crippen LogP contribution < -0.4 is 5.32 Å². The van der Waals surface area contributed by atoms with Gasteiger partial charge in [-0.1, -0.05) is 20.8 Å². The van der Waals surface area contributed by atoms with Crippen LogP contribution in [0.2, 0.25) is 0 Å². The molecule has 0 aromatic heterocycles. The smallest absolute Gasteiger partial charge is 0.245 e. The summed E-state index contributed by atoms with van der Waals surface area (Å²) < 4.78 is 5.12. The van der Waals surface area contributed by atoms with Crippen molar-refractivity contribution in [2.75, 3.05) is 20.3 Å². The molecular formula is C13H24N2O3. The van der Waals surface area contributed by atoms with Crippen molar-refractivity contribution in [3.63, 3.8) is 0 Å². The minimum atomic E-state index is -0.378. The molecule has 1 aliphatic heterocycles. The van der Waals surface area contributed by atoms with E-state index < -0.39 is 0 Å². The molecule has 5 nitrogen and oxygen atoms in total. The fourth-order valence-electron chi connectivity index (χ4n) is 2.30. The summed E-state index contributed by atoms with van der Waals surface area (Å²) in [4.78, 5) is 25.7. The number of carbonyl (C=O) groups excluding carboxylic acids is 2. The summed E-state index contributed by atoms with van der Waals surface area (Å²) in [5.74, 6) is 0.323. The van der Waals surface area contributed by atoms with Gasteiger partial charge in [0, 0.05) is 7.11 Å². The minimum Gasteiger partial charge on any atom is -0.383 e. The number of rotatable bonds is 6. The zero-order valence-electron chi connectivity index (χ0n) is 11.7. The van der Waals surface area contributed by atoms with Gasteiger partial charge in [-0.3, -0.25) is 9.59 Å². The molecule has 18 heavy (non-hydrogen) atoms. The quantitative estimate of drug-likeness (QED) is 0.764. The molecule has 0 saturated carbocycles. The number of hydrogen-bond acceptors (Lipinski definition) is 3. The Morgan fingerprint density at radius 1 is 1.44 bits per heavy atom. The second-order valence-corrected chi connectivity index (χ2v) is 5.23. The van der Waals surface area contributed by atoms with E-state index >= 15 is 0 Å². The molecule has 0 radical (unpaired) electrons. The van der Waals surface area contributed by atoms with Gasteiger partial charge in [0.15, 0.2) is 0 Å². The van der Waals surface area contributed by atoms with Gasteiger partial charge in [0.05, 0.1) is 19.2 Å². The van der Waals surface area contributed by atoms with Crippen LogP contribution in [-0.2, 0) is 14.3 Å². The Morgan fingerprint density at radius 3 is 2.61 bits per heavy atom. The minimum absolute atomic E-state index is 0.0109. The lowest BCUT2D eigenvalue weighted by atomic mass is 9.99. The van der Waals surface area contributed by atoms with Gasteiger partial charge in [0.1, 0.15) is 6.04 Å². The number of piperazine rings is 1. The van der Waals surface area contributed by atoms with Gasteiger partial charge in [-0.05, 0) is 18.8 Å². The standard InChI is InChI=1S/C13H24N2O3/c1-5-10(8-18-4)15-7-12(16)14-11(13(15)17)6-9(2)3/h9-11H,5-8H2,1-4H3,(H,14,16). The van der Waals surface area contributed by atoms with Crippen LogP contribution in [0.5, 0.6) is 0 Å². The predicted octanol–water partition coefficient (Wildman–Crippen LogP) is 0.784. The fourth-order valence-corrected chi connectivity index (χ4v) is 2.30. The molecule has 0 aromatic carbocycles. The van der Waals surface area contributed by atoms with Crippen molar-refractivity contribution >= 4 is 11.8 Å². The Labute approximate surface area is 109 Å². The van der Waals surface area contributed by atoms with Gasteiger partial charge in [-0.2, -0.15) is 0 Å². The van der Waals surface area contributed by atoms with Crippen LogP contribution in [-0.4, -0.2) is 49.1 Å². The van der Waals surface area contributed by atoms with Gasteiger partial charge in [0.2, 0.25) is 11.8 Å². The predicted molar refractivity (Wildman–Crippen MR) is 69.1 cm³/mol. The summed E-state index contributed by atoms with van der Waals surface area (Å²) in [5, 5.41) is 2.78. The maximum absolute atomic E-state index is 12.3. The van der Waals surface area contributed by atoms with Crippen LogP contribution >= 0.6 is 0 Å². The van der Waals surface area contributed by atoms with Crippen molar-refractivity contribution in [3.8, 4) is 0 Å². The Kier molecular flexibility index (Phi) is 5.59. The highest BCUT2D eigenvalue weighted by molar-refractivity contribution is 5.95. The average molecular weight is 256 g/mol.